The Kier molecular flexibility index (Phi) is 7.90. The van der Waals surface area contributed by atoms with Gasteiger partial charge in [0, 0.05) is 6.54 Å². The molecule has 2 aromatic carbocycles. The Labute approximate surface area is 172 Å². The van der Waals surface area contributed by atoms with E-state index in [0.29, 0.717) is 24.7 Å². The van der Waals surface area contributed by atoms with Gasteiger partial charge < -0.3 is 14.8 Å². The Morgan fingerprint density at radius 2 is 1.45 bits per heavy atom. The zero-order chi connectivity index (χ0) is 21.4. The molecule has 0 aromatic heterocycles. The maximum Gasteiger partial charge on any atom is 0.243 e. The lowest BCUT2D eigenvalue weighted by atomic mass is 10.2. The summed E-state index contributed by atoms with van der Waals surface area (Å²) in [6.07, 6.45) is 1.08. The van der Waals surface area contributed by atoms with Crippen molar-refractivity contribution in [1.29, 1.82) is 0 Å². The highest BCUT2D eigenvalue weighted by Gasteiger charge is 2.29. The number of carbonyl (C=O) groups excluding carboxylic acids is 1. The fourth-order valence-corrected chi connectivity index (χ4v) is 4.05. The molecule has 0 unspecified atom stereocenters. The number of nitrogens with zero attached hydrogens (tertiary/aromatic N) is 1. The summed E-state index contributed by atoms with van der Waals surface area (Å²) in [7, 11) is -3.67. The van der Waals surface area contributed by atoms with Gasteiger partial charge in [-0.25, -0.2) is 8.42 Å². The standard InChI is InChI=1S/C21H28N2O5S/c1-5-27-19-11-7-17(8-12-19)15-22-21(24)16(3)23(29(4,25)26)18-9-13-20(14-10-18)28-6-2/h7-14,16H,5-6,15H2,1-4H3,(H,22,24)/t16-/m0/s1. The molecule has 0 spiro atoms. The molecule has 0 heterocycles. The van der Waals surface area contributed by atoms with Crippen LogP contribution in [0.3, 0.4) is 0 Å². The molecule has 0 aliphatic carbocycles. The number of carbonyl (C=O) groups is 1. The number of hydrogen-bond donors (Lipinski definition) is 1. The van der Waals surface area contributed by atoms with Crippen LogP contribution in [-0.4, -0.2) is 39.8 Å². The van der Waals surface area contributed by atoms with Crippen molar-refractivity contribution in [3.05, 3.63) is 54.1 Å². The van der Waals surface area contributed by atoms with Crippen LogP contribution in [0.1, 0.15) is 26.3 Å². The summed E-state index contributed by atoms with van der Waals surface area (Å²) in [6.45, 7) is 6.72. The van der Waals surface area contributed by atoms with Crippen LogP contribution in [0.25, 0.3) is 0 Å². The summed E-state index contributed by atoms with van der Waals surface area (Å²) in [5.74, 6) is 1.00. The van der Waals surface area contributed by atoms with E-state index in [-0.39, 0.29) is 6.54 Å². The number of sulfonamides is 1. The molecule has 2 rings (SSSR count). The maximum absolute atomic E-state index is 12.7. The first kappa shape index (κ1) is 22.5. The van der Waals surface area contributed by atoms with Gasteiger partial charge in [-0.05, 0) is 62.7 Å². The Hall–Kier alpha value is -2.74. The summed E-state index contributed by atoms with van der Waals surface area (Å²) in [5, 5.41) is 2.79. The average molecular weight is 421 g/mol. The van der Waals surface area contributed by atoms with Gasteiger partial charge in [-0.3, -0.25) is 9.10 Å². The first-order chi connectivity index (χ1) is 13.8. The van der Waals surface area contributed by atoms with Crippen LogP contribution in [0, 0.1) is 0 Å². The monoisotopic (exact) mass is 420 g/mol. The lowest BCUT2D eigenvalue weighted by Gasteiger charge is -2.28. The molecule has 1 amide bonds. The minimum absolute atomic E-state index is 0.288. The summed E-state index contributed by atoms with van der Waals surface area (Å²) in [6, 6.07) is 13.1. The van der Waals surface area contributed by atoms with E-state index in [2.05, 4.69) is 5.32 Å². The van der Waals surface area contributed by atoms with Gasteiger partial charge in [0.05, 0.1) is 25.2 Å². The van der Waals surface area contributed by atoms with Gasteiger partial charge >= 0.3 is 0 Å². The molecule has 1 N–H and O–H groups in total. The van der Waals surface area contributed by atoms with Crippen molar-refractivity contribution in [2.75, 3.05) is 23.8 Å². The van der Waals surface area contributed by atoms with Crippen LogP contribution in [-0.2, 0) is 21.4 Å². The number of rotatable bonds is 10. The summed E-state index contributed by atoms with van der Waals surface area (Å²) in [5.41, 5.74) is 1.29. The van der Waals surface area contributed by atoms with E-state index in [1.165, 1.54) is 0 Å². The maximum atomic E-state index is 12.7. The molecule has 0 aliphatic heterocycles. The van der Waals surface area contributed by atoms with Crippen LogP contribution in [0.4, 0.5) is 5.69 Å². The number of anilines is 1. The first-order valence-corrected chi connectivity index (χ1v) is 11.3. The normalized spacial score (nSPS) is 12.1. The molecular formula is C21H28N2O5S. The zero-order valence-corrected chi connectivity index (χ0v) is 18.0. The van der Waals surface area contributed by atoms with Crippen molar-refractivity contribution >= 4 is 21.6 Å². The van der Waals surface area contributed by atoms with E-state index in [4.69, 9.17) is 9.47 Å². The Morgan fingerprint density at radius 1 is 0.966 bits per heavy atom. The predicted octanol–water partition coefficient (Wildman–Crippen LogP) is 2.95. The molecule has 0 fully saturated rings. The molecule has 0 bridgehead atoms. The first-order valence-electron chi connectivity index (χ1n) is 9.48. The van der Waals surface area contributed by atoms with Gasteiger partial charge in [0.25, 0.3) is 0 Å². The molecule has 0 aliphatic rings. The van der Waals surface area contributed by atoms with Crippen LogP contribution in [0.2, 0.25) is 0 Å². The van der Waals surface area contributed by atoms with Gasteiger partial charge in [0.1, 0.15) is 17.5 Å². The minimum atomic E-state index is -3.67. The second-order valence-corrected chi connectivity index (χ2v) is 8.32. The van der Waals surface area contributed by atoms with E-state index >= 15 is 0 Å². The molecule has 0 saturated heterocycles. The summed E-state index contributed by atoms with van der Waals surface area (Å²) in [4.78, 5) is 12.7. The van der Waals surface area contributed by atoms with Crippen LogP contribution >= 0.6 is 0 Å². The van der Waals surface area contributed by atoms with Gasteiger partial charge in [0.15, 0.2) is 0 Å². The highest BCUT2D eigenvalue weighted by Crippen LogP contribution is 2.24. The number of benzene rings is 2. The molecule has 8 heteroatoms. The van der Waals surface area contributed by atoms with Crippen LogP contribution < -0.4 is 19.1 Å². The largest absolute Gasteiger partial charge is 0.494 e. The third-order valence-electron chi connectivity index (χ3n) is 4.19. The molecular weight excluding hydrogens is 392 g/mol. The zero-order valence-electron chi connectivity index (χ0n) is 17.2. The number of nitrogens with one attached hydrogen (secondary N) is 1. The fraction of sp³-hybridized carbons (Fsp3) is 0.381. The van der Waals surface area contributed by atoms with E-state index < -0.39 is 22.0 Å². The molecule has 29 heavy (non-hydrogen) atoms. The summed E-state index contributed by atoms with van der Waals surface area (Å²) < 4.78 is 36.6. The fourth-order valence-electron chi connectivity index (χ4n) is 2.87. The van der Waals surface area contributed by atoms with Crippen molar-refractivity contribution < 1.29 is 22.7 Å². The SMILES string of the molecule is CCOc1ccc(CNC(=O)[C@H](C)N(c2ccc(OCC)cc2)S(C)(=O)=O)cc1. The molecule has 2 aromatic rings. The molecule has 158 valence electrons. The van der Waals surface area contributed by atoms with E-state index in [1.807, 2.05) is 38.1 Å². The third kappa shape index (κ3) is 6.39. The molecule has 7 nitrogen and oxygen atoms in total. The average Bonchev–Trinajstić information content (AvgIpc) is 2.68. The van der Waals surface area contributed by atoms with Crippen molar-refractivity contribution in [3.63, 3.8) is 0 Å². The van der Waals surface area contributed by atoms with Crippen molar-refractivity contribution in [2.24, 2.45) is 0 Å². The highest BCUT2D eigenvalue weighted by molar-refractivity contribution is 7.92. The quantitative estimate of drug-likeness (QED) is 0.639. The Balaban J connectivity index is 2.10. The smallest absolute Gasteiger partial charge is 0.243 e. The van der Waals surface area contributed by atoms with E-state index in [0.717, 1.165) is 21.9 Å². The predicted molar refractivity (Wildman–Crippen MR) is 114 cm³/mol. The van der Waals surface area contributed by atoms with Crippen molar-refractivity contribution in [1.82, 2.24) is 5.32 Å². The van der Waals surface area contributed by atoms with Gasteiger partial charge in [0.2, 0.25) is 15.9 Å². The molecule has 0 radical (unpaired) electrons. The molecule has 0 saturated carbocycles. The Morgan fingerprint density at radius 3 is 1.90 bits per heavy atom. The lowest BCUT2D eigenvalue weighted by molar-refractivity contribution is -0.122. The number of amides is 1. The number of ether oxygens (including phenoxy) is 2. The Bertz CT molecular complexity index is 896. The van der Waals surface area contributed by atoms with E-state index in [1.54, 1.807) is 31.2 Å². The highest BCUT2D eigenvalue weighted by atomic mass is 32.2. The molecule has 1 atom stereocenters. The van der Waals surface area contributed by atoms with Gasteiger partial charge in [-0.2, -0.15) is 0 Å². The third-order valence-corrected chi connectivity index (χ3v) is 5.43. The number of hydrogen-bond acceptors (Lipinski definition) is 5. The van der Waals surface area contributed by atoms with E-state index in [9.17, 15) is 13.2 Å². The minimum Gasteiger partial charge on any atom is -0.494 e. The van der Waals surface area contributed by atoms with Crippen molar-refractivity contribution in [2.45, 2.75) is 33.4 Å². The van der Waals surface area contributed by atoms with Gasteiger partial charge in [-0.15, -0.1) is 0 Å². The second kappa shape index (κ2) is 10.2. The topological polar surface area (TPSA) is 84.9 Å². The summed E-state index contributed by atoms with van der Waals surface area (Å²) >= 11 is 0. The van der Waals surface area contributed by atoms with Crippen LogP contribution in [0.5, 0.6) is 11.5 Å². The second-order valence-electron chi connectivity index (χ2n) is 6.46. The lowest BCUT2D eigenvalue weighted by Crippen LogP contribution is -2.47. The van der Waals surface area contributed by atoms with Crippen molar-refractivity contribution in [3.8, 4) is 11.5 Å². The van der Waals surface area contributed by atoms with Gasteiger partial charge in [-0.1, -0.05) is 12.1 Å². The van der Waals surface area contributed by atoms with Crippen LogP contribution in [0.15, 0.2) is 48.5 Å².